The molecule has 0 N–H and O–H groups in total. The average Bonchev–Trinajstić information content (AvgIpc) is 2.28. The summed E-state index contributed by atoms with van der Waals surface area (Å²) in [6, 6.07) is 8.17. The van der Waals surface area contributed by atoms with Gasteiger partial charge < -0.3 is 0 Å². The van der Waals surface area contributed by atoms with E-state index in [9.17, 15) is 4.39 Å². The first-order valence-electron chi connectivity index (χ1n) is 5.44. The van der Waals surface area contributed by atoms with Gasteiger partial charge in [-0.3, -0.25) is 0 Å². The van der Waals surface area contributed by atoms with Crippen LogP contribution in [0.15, 0.2) is 30.3 Å². The molecular formula is C13H12ClFN2. The monoisotopic (exact) mass is 250 g/mol. The lowest BCUT2D eigenvalue weighted by Crippen LogP contribution is -2.00. The highest BCUT2D eigenvalue weighted by Crippen LogP contribution is 2.12. The van der Waals surface area contributed by atoms with E-state index in [4.69, 9.17) is 11.6 Å². The van der Waals surface area contributed by atoms with Gasteiger partial charge in [-0.2, -0.15) is 0 Å². The Bertz CT molecular complexity index is 529. The normalized spacial score (nSPS) is 10.5. The third-order valence-corrected chi connectivity index (χ3v) is 2.60. The maximum Gasteiger partial charge on any atom is 0.134 e. The molecule has 0 aliphatic rings. The second kappa shape index (κ2) is 5.23. The summed E-state index contributed by atoms with van der Waals surface area (Å²) in [6.45, 7) is 2.00. The van der Waals surface area contributed by atoms with Crippen LogP contribution in [0, 0.1) is 5.82 Å². The minimum absolute atomic E-state index is 0.250. The summed E-state index contributed by atoms with van der Waals surface area (Å²) in [5.41, 5.74) is 1.74. The quantitative estimate of drug-likeness (QED) is 0.780. The summed E-state index contributed by atoms with van der Waals surface area (Å²) in [5, 5.41) is 0.434. The molecule has 2 nitrogen and oxygen atoms in total. The van der Waals surface area contributed by atoms with Crippen LogP contribution in [0.5, 0.6) is 0 Å². The molecule has 0 fully saturated rings. The third kappa shape index (κ3) is 3.24. The van der Waals surface area contributed by atoms with Crippen LogP contribution < -0.4 is 0 Å². The van der Waals surface area contributed by atoms with Crippen LogP contribution in [0.4, 0.5) is 4.39 Å². The number of nitrogens with zero attached hydrogens (tertiary/aromatic N) is 2. The number of hydrogen-bond acceptors (Lipinski definition) is 2. The number of benzene rings is 1. The summed E-state index contributed by atoms with van der Waals surface area (Å²) in [6.07, 6.45) is 1.30. The molecule has 0 saturated heterocycles. The van der Waals surface area contributed by atoms with Crippen molar-refractivity contribution in [1.29, 1.82) is 0 Å². The molecule has 88 valence electrons. The molecule has 0 unspecified atom stereocenters. The van der Waals surface area contributed by atoms with Gasteiger partial charge in [-0.25, -0.2) is 14.4 Å². The Balaban J connectivity index is 2.26. The fraction of sp³-hybridized carbons (Fsp3) is 0.231. The molecule has 2 rings (SSSR count). The summed E-state index contributed by atoms with van der Waals surface area (Å²) in [7, 11) is 0. The molecular weight excluding hydrogens is 239 g/mol. The maximum atomic E-state index is 13.0. The zero-order valence-corrected chi connectivity index (χ0v) is 10.2. The van der Waals surface area contributed by atoms with E-state index in [-0.39, 0.29) is 5.82 Å². The van der Waals surface area contributed by atoms with Crippen molar-refractivity contribution in [3.05, 3.63) is 58.4 Å². The second-order valence-electron chi connectivity index (χ2n) is 3.76. The molecule has 0 bridgehead atoms. The van der Waals surface area contributed by atoms with Crippen molar-refractivity contribution in [2.75, 3.05) is 0 Å². The Kier molecular flexibility index (Phi) is 3.69. The van der Waals surface area contributed by atoms with Gasteiger partial charge in [-0.15, -0.1) is 0 Å². The van der Waals surface area contributed by atoms with E-state index in [0.29, 0.717) is 17.4 Å². The summed E-state index contributed by atoms with van der Waals surface area (Å²) in [5.74, 6) is 0.375. The molecule has 17 heavy (non-hydrogen) atoms. The highest BCUT2D eigenvalue weighted by Gasteiger charge is 2.04. The van der Waals surface area contributed by atoms with E-state index in [1.165, 1.54) is 12.1 Å². The molecule has 4 heteroatoms. The van der Waals surface area contributed by atoms with Crippen molar-refractivity contribution < 1.29 is 4.39 Å². The molecule has 0 spiro atoms. The van der Waals surface area contributed by atoms with Crippen molar-refractivity contribution in [2.24, 2.45) is 0 Å². The second-order valence-corrected chi connectivity index (χ2v) is 4.15. The SMILES string of the molecule is CCc1cc(Cl)nc(Cc2cccc(F)c2)n1. The fourth-order valence-electron chi connectivity index (χ4n) is 1.61. The summed E-state index contributed by atoms with van der Waals surface area (Å²) >= 11 is 5.90. The minimum atomic E-state index is -0.250. The highest BCUT2D eigenvalue weighted by atomic mass is 35.5. The molecule has 0 aliphatic carbocycles. The Labute approximate surface area is 104 Å². The Morgan fingerprint density at radius 2 is 2.06 bits per heavy atom. The van der Waals surface area contributed by atoms with Crippen LogP contribution in [0.25, 0.3) is 0 Å². The van der Waals surface area contributed by atoms with Crippen molar-refractivity contribution in [1.82, 2.24) is 9.97 Å². The van der Waals surface area contributed by atoms with Gasteiger partial charge in [0.1, 0.15) is 16.8 Å². The van der Waals surface area contributed by atoms with Gasteiger partial charge in [0.25, 0.3) is 0 Å². The molecule has 0 atom stereocenters. The topological polar surface area (TPSA) is 25.8 Å². The third-order valence-electron chi connectivity index (χ3n) is 2.41. The van der Waals surface area contributed by atoms with Crippen LogP contribution in [0.3, 0.4) is 0 Å². The van der Waals surface area contributed by atoms with Gasteiger partial charge in [0.05, 0.1) is 0 Å². The van der Waals surface area contributed by atoms with E-state index in [1.54, 1.807) is 12.1 Å². The van der Waals surface area contributed by atoms with Crippen molar-refractivity contribution in [3.8, 4) is 0 Å². The maximum absolute atomic E-state index is 13.0. The molecule has 0 radical (unpaired) electrons. The van der Waals surface area contributed by atoms with Gasteiger partial charge >= 0.3 is 0 Å². The fourth-order valence-corrected chi connectivity index (χ4v) is 1.83. The first-order chi connectivity index (χ1) is 8.17. The smallest absolute Gasteiger partial charge is 0.134 e. The van der Waals surface area contributed by atoms with Crippen LogP contribution in [0.2, 0.25) is 5.15 Å². The Morgan fingerprint density at radius 3 is 2.76 bits per heavy atom. The predicted molar refractivity (Wildman–Crippen MR) is 65.6 cm³/mol. The van der Waals surface area contributed by atoms with Gasteiger partial charge in [0.2, 0.25) is 0 Å². The Morgan fingerprint density at radius 1 is 1.24 bits per heavy atom. The van der Waals surface area contributed by atoms with Crippen molar-refractivity contribution in [2.45, 2.75) is 19.8 Å². The molecule has 1 aromatic carbocycles. The number of rotatable bonds is 3. The van der Waals surface area contributed by atoms with E-state index in [1.807, 2.05) is 13.0 Å². The van der Waals surface area contributed by atoms with Crippen LogP contribution in [0.1, 0.15) is 24.0 Å². The summed E-state index contributed by atoms with van der Waals surface area (Å²) in [4.78, 5) is 8.50. The molecule has 1 aromatic heterocycles. The minimum Gasteiger partial charge on any atom is -0.237 e. The zero-order chi connectivity index (χ0) is 12.3. The van der Waals surface area contributed by atoms with Gasteiger partial charge in [-0.1, -0.05) is 30.7 Å². The van der Waals surface area contributed by atoms with Crippen molar-refractivity contribution in [3.63, 3.8) is 0 Å². The van der Waals surface area contributed by atoms with Crippen molar-refractivity contribution >= 4 is 11.6 Å². The van der Waals surface area contributed by atoms with Gasteiger partial charge in [0.15, 0.2) is 0 Å². The predicted octanol–water partition coefficient (Wildman–Crippen LogP) is 3.42. The molecule has 1 heterocycles. The lowest BCUT2D eigenvalue weighted by molar-refractivity contribution is 0.625. The Hall–Kier alpha value is -1.48. The molecule has 2 aromatic rings. The lowest BCUT2D eigenvalue weighted by Gasteiger charge is -2.04. The van der Waals surface area contributed by atoms with Gasteiger partial charge in [-0.05, 0) is 30.2 Å². The first-order valence-corrected chi connectivity index (χ1v) is 5.82. The van der Waals surface area contributed by atoms with E-state index in [2.05, 4.69) is 9.97 Å². The number of aryl methyl sites for hydroxylation is 1. The number of hydrogen-bond donors (Lipinski definition) is 0. The van der Waals surface area contributed by atoms with Crippen LogP contribution in [-0.2, 0) is 12.8 Å². The highest BCUT2D eigenvalue weighted by molar-refractivity contribution is 6.29. The van der Waals surface area contributed by atoms with Crippen LogP contribution >= 0.6 is 11.6 Å². The standard InChI is InChI=1S/C13H12ClFN2/c1-2-11-8-12(14)17-13(16-11)7-9-4-3-5-10(15)6-9/h3-6,8H,2,7H2,1H3. The molecule has 0 aliphatic heterocycles. The summed E-state index contributed by atoms with van der Waals surface area (Å²) < 4.78 is 13.0. The molecule has 0 amide bonds. The van der Waals surface area contributed by atoms with Crippen LogP contribution in [-0.4, -0.2) is 9.97 Å². The lowest BCUT2D eigenvalue weighted by atomic mass is 10.1. The number of aromatic nitrogens is 2. The first kappa shape index (κ1) is 12.0. The molecule has 0 saturated carbocycles. The van der Waals surface area contributed by atoms with E-state index < -0.39 is 0 Å². The van der Waals surface area contributed by atoms with E-state index >= 15 is 0 Å². The van der Waals surface area contributed by atoms with E-state index in [0.717, 1.165) is 17.7 Å². The largest absolute Gasteiger partial charge is 0.237 e. The zero-order valence-electron chi connectivity index (χ0n) is 9.45. The van der Waals surface area contributed by atoms with Gasteiger partial charge in [0, 0.05) is 12.1 Å². The average molecular weight is 251 g/mol. The number of halogens is 2.